The highest BCUT2D eigenvalue weighted by Gasteiger charge is 2.08. The standard InChI is InChI=1S/C13H13NO/c14-12-8-6-11(7-9-12)13(15)10-4-2-1-3-5-10/h1-9,13,15H,14H2/t13-/m1/s1. The molecule has 2 rings (SSSR count). The third-order valence-electron chi connectivity index (χ3n) is 2.37. The Morgan fingerprint density at radius 1 is 0.800 bits per heavy atom. The maximum Gasteiger partial charge on any atom is 0.104 e. The van der Waals surface area contributed by atoms with Crippen LogP contribution in [0.5, 0.6) is 0 Å². The van der Waals surface area contributed by atoms with E-state index in [1.807, 2.05) is 42.5 Å². The number of rotatable bonds is 2. The van der Waals surface area contributed by atoms with Gasteiger partial charge in [-0.25, -0.2) is 0 Å². The lowest BCUT2D eigenvalue weighted by Crippen LogP contribution is -1.99. The van der Waals surface area contributed by atoms with Crippen molar-refractivity contribution in [2.45, 2.75) is 6.10 Å². The molecule has 0 spiro atoms. The van der Waals surface area contributed by atoms with Gasteiger partial charge in [0.2, 0.25) is 0 Å². The minimum Gasteiger partial charge on any atom is -0.399 e. The molecule has 1 atom stereocenters. The summed E-state index contributed by atoms with van der Waals surface area (Å²) in [6.07, 6.45) is -0.577. The molecule has 2 aromatic carbocycles. The Morgan fingerprint density at radius 3 is 1.93 bits per heavy atom. The fraction of sp³-hybridized carbons (Fsp3) is 0.0769. The molecule has 0 saturated heterocycles. The summed E-state index contributed by atoms with van der Waals surface area (Å²) < 4.78 is 0. The number of nitrogens with two attached hydrogens (primary N) is 1. The Balaban J connectivity index is 2.29. The zero-order chi connectivity index (χ0) is 10.7. The van der Waals surface area contributed by atoms with Crippen LogP contribution in [0.3, 0.4) is 0 Å². The molecule has 0 unspecified atom stereocenters. The Labute approximate surface area is 89.0 Å². The maximum atomic E-state index is 10.0. The van der Waals surface area contributed by atoms with Crippen molar-refractivity contribution in [3.8, 4) is 0 Å². The van der Waals surface area contributed by atoms with Crippen LogP contribution < -0.4 is 5.73 Å². The molecule has 0 aromatic heterocycles. The van der Waals surface area contributed by atoms with Crippen molar-refractivity contribution < 1.29 is 5.11 Å². The number of anilines is 1. The molecular weight excluding hydrogens is 186 g/mol. The highest BCUT2D eigenvalue weighted by Crippen LogP contribution is 2.21. The first kappa shape index (κ1) is 9.74. The van der Waals surface area contributed by atoms with Crippen molar-refractivity contribution in [3.05, 3.63) is 65.7 Å². The monoisotopic (exact) mass is 199 g/mol. The van der Waals surface area contributed by atoms with Crippen molar-refractivity contribution in [1.82, 2.24) is 0 Å². The molecule has 76 valence electrons. The third-order valence-corrected chi connectivity index (χ3v) is 2.37. The van der Waals surface area contributed by atoms with Gasteiger partial charge in [0, 0.05) is 5.69 Å². The van der Waals surface area contributed by atoms with Gasteiger partial charge in [0.25, 0.3) is 0 Å². The zero-order valence-electron chi connectivity index (χ0n) is 8.30. The summed E-state index contributed by atoms with van der Waals surface area (Å²) in [5.41, 5.74) is 8.04. The summed E-state index contributed by atoms with van der Waals surface area (Å²) in [6.45, 7) is 0. The summed E-state index contributed by atoms with van der Waals surface area (Å²) in [7, 11) is 0. The predicted octanol–water partition coefficient (Wildman–Crippen LogP) is 2.35. The normalized spacial score (nSPS) is 12.3. The van der Waals surface area contributed by atoms with Gasteiger partial charge in [0.1, 0.15) is 6.10 Å². The van der Waals surface area contributed by atoms with E-state index >= 15 is 0 Å². The molecule has 0 saturated carbocycles. The molecular formula is C13H13NO. The van der Waals surface area contributed by atoms with Gasteiger partial charge in [-0.05, 0) is 23.3 Å². The molecule has 0 amide bonds. The Kier molecular flexibility index (Phi) is 2.70. The van der Waals surface area contributed by atoms with Gasteiger partial charge in [0.05, 0.1) is 0 Å². The highest BCUT2D eigenvalue weighted by atomic mass is 16.3. The molecule has 3 N–H and O–H groups in total. The first-order valence-electron chi connectivity index (χ1n) is 4.86. The predicted molar refractivity (Wildman–Crippen MR) is 61.4 cm³/mol. The molecule has 15 heavy (non-hydrogen) atoms. The summed E-state index contributed by atoms with van der Waals surface area (Å²) in [5.74, 6) is 0. The summed E-state index contributed by atoms with van der Waals surface area (Å²) in [6, 6.07) is 16.8. The van der Waals surface area contributed by atoms with Gasteiger partial charge in [0.15, 0.2) is 0 Å². The number of aliphatic hydroxyl groups is 1. The van der Waals surface area contributed by atoms with Gasteiger partial charge >= 0.3 is 0 Å². The zero-order valence-corrected chi connectivity index (χ0v) is 8.30. The Bertz CT molecular complexity index is 422. The lowest BCUT2D eigenvalue weighted by Gasteiger charge is -2.11. The molecule has 0 aliphatic carbocycles. The first-order chi connectivity index (χ1) is 7.27. The topological polar surface area (TPSA) is 46.2 Å². The second-order valence-corrected chi connectivity index (χ2v) is 3.48. The summed E-state index contributed by atoms with van der Waals surface area (Å²) in [4.78, 5) is 0. The fourth-order valence-electron chi connectivity index (χ4n) is 1.51. The molecule has 0 aliphatic heterocycles. The van der Waals surface area contributed by atoms with Crippen molar-refractivity contribution >= 4 is 5.69 Å². The van der Waals surface area contributed by atoms with Crippen molar-refractivity contribution in [1.29, 1.82) is 0 Å². The largest absolute Gasteiger partial charge is 0.399 e. The second-order valence-electron chi connectivity index (χ2n) is 3.48. The minimum atomic E-state index is -0.577. The second kappa shape index (κ2) is 4.15. The molecule has 0 radical (unpaired) electrons. The van der Waals surface area contributed by atoms with Crippen LogP contribution in [-0.2, 0) is 0 Å². The van der Waals surface area contributed by atoms with Crippen LogP contribution in [0.4, 0.5) is 5.69 Å². The number of hydrogen-bond donors (Lipinski definition) is 2. The van der Waals surface area contributed by atoms with E-state index in [-0.39, 0.29) is 0 Å². The first-order valence-corrected chi connectivity index (χ1v) is 4.86. The van der Waals surface area contributed by atoms with Crippen LogP contribution in [0.25, 0.3) is 0 Å². The third kappa shape index (κ3) is 2.17. The molecule has 0 fully saturated rings. The quantitative estimate of drug-likeness (QED) is 0.729. The average molecular weight is 199 g/mol. The molecule has 2 aromatic rings. The van der Waals surface area contributed by atoms with E-state index in [1.165, 1.54) is 0 Å². The van der Waals surface area contributed by atoms with Gasteiger partial charge in [-0.2, -0.15) is 0 Å². The maximum absolute atomic E-state index is 10.0. The van der Waals surface area contributed by atoms with Gasteiger partial charge < -0.3 is 10.8 Å². The highest BCUT2D eigenvalue weighted by molar-refractivity contribution is 5.41. The Hall–Kier alpha value is -1.80. The van der Waals surface area contributed by atoms with Crippen LogP contribution in [0.2, 0.25) is 0 Å². The van der Waals surface area contributed by atoms with E-state index in [2.05, 4.69) is 0 Å². The molecule has 2 heteroatoms. The number of aliphatic hydroxyl groups excluding tert-OH is 1. The lowest BCUT2D eigenvalue weighted by molar-refractivity contribution is 0.220. The minimum absolute atomic E-state index is 0.577. The lowest BCUT2D eigenvalue weighted by atomic mass is 10.0. The Morgan fingerprint density at radius 2 is 1.33 bits per heavy atom. The number of hydrogen-bond acceptors (Lipinski definition) is 2. The van der Waals surface area contributed by atoms with Gasteiger partial charge in [-0.15, -0.1) is 0 Å². The van der Waals surface area contributed by atoms with E-state index in [4.69, 9.17) is 5.73 Å². The van der Waals surface area contributed by atoms with Crippen molar-refractivity contribution in [2.24, 2.45) is 0 Å². The van der Waals surface area contributed by atoms with Crippen LogP contribution in [0.15, 0.2) is 54.6 Å². The molecule has 2 nitrogen and oxygen atoms in total. The molecule has 0 heterocycles. The van der Waals surface area contributed by atoms with Crippen LogP contribution in [-0.4, -0.2) is 5.11 Å². The van der Waals surface area contributed by atoms with Crippen LogP contribution in [0.1, 0.15) is 17.2 Å². The van der Waals surface area contributed by atoms with E-state index in [0.29, 0.717) is 5.69 Å². The van der Waals surface area contributed by atoms with E-state index in [0.717, 1.165) is 11.1 Å². The average Bonchev–Trinajstić information content (AvgIpc) is 2.30. The fourth-order valence-corrected chi connectivity index (χ4v) is 1.51. The van der Waals surface area contributed by atoms with E-state index in [1.54, 1.807) is 12.1 Å². The molecule has 0 bridgehead atoms. The van der Waals surface area contributed by atoms with Gasteiger partial charge in [-0.1, -0.05) is 42.5 Å². The smallest absolute Gasteiger partial charge is 0.104 e. The SMILES string of the molecule is Nc1ccc([C@H](O)c2ccccc2)cc1. The number of benzene rings is 2. The molecule has 0 aliphatic rings. The van der Waals surface area contributed by atoms with E-state index in [9.17, 15) is 5.11 Å². The van der Waals surface area contributed by atoms with Crippen LogP contribution in [0, 0.1) is 0 Å². The van der Waals surface area contributed by atoms with E-state index < -0.39 is 6.10 Å². The summed E-state index contributed by atoms with van der Waals surface area (Å²) in [5, 5.41) is 10.0. The van der Waals surface area contributed by atoms with Crippen molar-refractivity contribution in [3.63, 3.8) is 0 Å². The summed E-state index contributed by atoms with van der Waals surface area (Å²) >= 11 is 0. The number of nitrogen functional groups attached to an aromatic ring is 1. The van der Waals surface area contributed by atoms with Gasteiger partial charge in [-0.3, -0.25) is 0 Å². The van der Waals surface area contributed by atoms with Crippen LogP contribution >= 0.6 is 0 Å². The van der Waals surface area contributed by atoms with Crippen molar-refractivity contribution in [2.75, 3.05) is 5.73 Å².